The molecule has 11 nitrogen and oxygen atoms in total. The van der Waals surface area contributed by atoms with Crippen molar-refractivity contribution in [1.29, 1.82) is 0 Å². The summed E-state index contributed by atoms with van der Waals surface area (Å²) in [5.74, 6) is -2.19. The molecule has 1 atom stereocenters. The molecule has 196 valence electrons. The van der Waals surface area contributed by atoms with Gasteiger partial charge in [0.15, 0.2) is 0 Å². The summed E-state index contributed by atoms with van der Waals surface area (Å²) >= 11 is 0. The largest absolute Gasteiger partial charge is 0.480 e. The molecule has 0 radical (unpaired) electrons. The number of hydrogen-bond donors (Lipinski definition) is 4. The van der Waals surface area contributed by atoms with Crippen molar-refractivity contribution in [2.45, 2.75) is 37.6 Å². The van der Waals surface area contributed by atoms with Gasteiger partial charge in [-0.1, -0.05) is 18.2 Å². The fraction of sp³-hybridized carbons (Fsp3) is 0.333. The number of rotatable bonds is 11. The van der Waals surface area contributed by atoms with Crippen LogP contribution in [-0.2, 0) is 40.0 Å². The van der Waals surface area contributed by atoms with Crippen LogP contribution < -0.4 is 15.4 Å². The molecule has 1 aromatic carbocycles. The maximum absolute atomic E-state index is 13.0. The molecule has 0 bridgehead atoms. The fourth-order valence-corrected chi connectivity index (χ4v) is 5.21. The SMILES string of the molecule is O=C(NCC(NS(=O)(=O)Cc1ccc(F)cc1)C(=O)O)c1cnn(CCc2ccc3c(n2)NCCC3)c1. The van der Waals surface area contributed by atoms with Crippen LogP contribution in [0.15, 0.2) is 48.8 Å². The maximum Gasteiger partial charge on any atom is 0.323 e. The van der Waals surface area contributed by atoms with Gasteiger partial charge in [-0.25, -0.2) is 17.8 Å². The smallest absolute Gasteiger partial charge is 0.323 e. The van der Waals surface area contributed by atoms with E-state index in [4.69, 9.17) is 0 Å². The van der Waals surface area contributed by atoms with E-state index >= 15 is 0 Å². The van der Waals surface area contributed by atoms with Crippen LogP contribution in [0.2, 0.25) is 0 Å². The molecule has 0 spiro atoms. The van der Waals surface area contributed by atoms with Crippen LogP contribution in [0.1, 0.15) is 33.6 Å². The Hall–Kier alpha value is -3.84. The summed E-state index contributed by atoms with van der Waals surface area (Å²) in [6.45, 7) is 0.910. The van der Waals surface area contributed by atoms with Gasteiger partial charge in [0.05, 0.1) is 17.5 Å². The van der Waals surface area contributed by atoms with Gasteiger partial charge >= 0.3 is 5.97 Å². The number of aliphatic carboxylic acids is 1. The van der Waals surface area contributed by atoms with Crippen molar-refractivity contribution in [3.05, 3.63) is 77.0 Å². The molecule has 1 aliphatic heterocycles. The number of benzene rings is 1. The Labute approximate surface area is 213 Å². The number of carbonyl (C=O) groups excluding carboxylic acids is 1. The number of nitrogens with one attached hydrogen (secondary N) is 3. The normalized spacial score (nSPS) is 13.9. The van der Waals surface area contributed by atoms with Gasteiger partial charge in [-0.2, -0.15) is 9.82 Å². The van der Waals surface area contributed by atoms with Gasteiger partial charge in [0.25, 0.3) is 5.91 Å². The van der Waals surface area contributed by atoms with Crippen LogP contribution >= 0.6 is 0 Å². The van der Waals surface area contributed by atoms with Crippen LogP contribution in [0.4, 0.5) is 10.2 Å². The molecule has 4 rings (SSSR count). The predicted octanol–water partition coefficient (Wildman–Crippen LogP) is 1.32. The lowest BCUT2D eigenvalue weighted by Gasteiger charge is -2.17. The Morgan fingerprint density at radius 1 is 1.19 bits per heavy atom. The van der Waals surface area contributed by atoms with Gasteiger partial charge in [0, 0.05) is 37.9 Å². The van der Waals surface area contributed by atoms with Gasteiger partial charge < -0.3 is 15.7 Å². The van der Waals surface area contributed by atoms with E-state index in [1.807, 2.05) is 6.07 Å². The zero-order valence-electron chi connectivity index (χ0n) is 19.9. The van der Waals surface area contributed by atoms with Crippen LogP contribution in [-0.4, -0.2) is 59.3 Å². The average molecular weight is 531 g/mol. The first-order valence-electron chi connectivity index (χ1n) is 11.7. The maximum atomic E-state index is 13.0. The second-order valence-electron chi connectivity index (χ2n) is 8.69. The number of anilines is 1. The lowest BCUT2D eigenvalue weighted by Crippen LogP contribution is -2.48. The summed E-state index contributed by atoms with van der Waals surface area (Å²) in [7, 11) is -4.07. The lowest BCUT2D eigenvalue weighted by atomic mass is 10.1. The first-order chi connectivity index (χ1) is 17.7. The van der Waals surface area contributed by atoms with Gasteiger partial charge in [-0.3, -0.25) is 14.3 Å². The number of carbonyl (C=O) groups is 2. The number of carboxylic acids is 1. The summed E-state index contributed by atoms with van der Waals surface area (Å²) in [5.41, 5.74) is 2.59. The summed E-state index contributed by atoms with van der Waals surface area (Å²) in [5, 5.41) is 19.3. The summed E-state index contributed by atoms with van der Waals surface area (Å²) in [6, 6.07) is 7.27. The van der Waals surface area contributed by atoms with Gasteiger partial charge in [-0.05, 0) is 42.2 Å². The molecule has 1 aliphatic rings. The highest BCUT2D eigenvalue weighted by Crippen LogP contribution is 2.20. The average Bonchev–Trinajstić information content (AvgIpc) is 3.35. The topological polar surface area (TPSA) is 155 Å². The second-order valence-corrected chi connectivity index (χ2v) is 10.4. The molecular formula is C24H27FN6O5S. The lowest BCUT2D eigenvalue weighted by molar-refractivity contribution is -0.138. The second kappa shape index (κ2) is 11.5. The molecule has 0 fully saturated rings. The number of aromatic nitrogens is 3. The number of sulfonamides is 1. The molecule has 3 aromatic rings. The Morgan fingerprint density at radius 3 is 2.73 bits per heavy atom. The first-order valence-corrected chi connectivity index (χ1v) is 13.3. The highest BCUT2D eigenvalue weighted by molar-refractivity contribution is 7.88. The minimum absolute atomic E-state index is 0.207. The Balaban J connectivity index is 1.29. The van der Waals surface area contributed by atoms with Crippen LogP contribution in [0.25, 0.3) is 0 Å². The third kappa shape index (κ3) is 7.33. The quantitative estimate of drug-likeness (QED) is 0.289. The minimum atomic E-state index is -4.07. The van der Waals surface area contributed by atoms with E-state index in [1.165, 1.54) is 30.1 Å². The Morgan fingerprint density at radius 2 is 1.97 bits per heavy atom. The van der Waals surface area contributed by atoms with Crippen LogP contribution in [0, 0.1) is 5.82 Å². The number of aryl methyl sites for hydroxylation is 3. The standard InChI is InChI=1S/C24H27FN6O5S/c25-19-6-3-16(4-7-19)15-37(35,36)30-21(24(33)34)13-27-23(32)18-12-28-31(14-18)11-9-20-8-5-17-2-1-10-26-22(17)29-20/h3-8,12,14,21,30H,1-2,9-11,13,15H2,(H,26,29)(H,27,32)(H,33,34). The third-order valence-corrected chi connectivity index (χ3v) is 7.16. The molecule has 4 N–H and O–H groups in total. The molecule has 3 heterocycles. The van der Waals surface area contributed by atoms with Crippen molar-refractivity contribution >= 4 is 27.7 Å². The number of hydrogen-bond acceptors (Lipinski definition) is 7. The third-order valence-electron chi connectivity index (χ3n) is 5.80. The fourth-order valence-electron chi connectivity index (χ4n) is 3.87. The van der Waals surface area contributed by atoms with E-state index in [-0.39, 0.29) is 11.1 Å². The molecule has 0 saturated carbocycles. The molecule has 13 heteroatoms. The Bertz CT molecular complexity index is 1380. The van der Waals surface area contributed by atoms with Crippen LogP contribution in [0.5, 0.6) is 0 Å². The number of halogens is 1. The summed E-state index contributed by atoms with van der Waals surface area (Å²) in [4.78, 5) is 28.7. The van der Waals surface area contributed by atoms with Crippen molar-refractivity contribution in [3.8, 4) is 0 Å². The Kier molecular flexibility index (Phi) is 8.14. The van der Waals surface area contributed by atoms with E-state index in [0.717, 1.165) is 43.0 Å². The minimum Gasteiger partial charge on any atom is -0.480 e. The predicted molar refractivity (Wildman–Crippen MR) is 133 cm³/mol. The first kappa shape index (κ1) is 26.2. The van der Waals surface area contributed by atoms with Gasteiger partial charge in [0.2, 0.25) is 10.0 Å². The molecule has 0 aliphatic carbocycles. The molecular weight excluding hydrogens is 503 g/mol. The van der Waals surface area contributed by atoms with Crippen molar-refractivity contribution in [2.75, 3.05) is 18.4 Å². The highest BCUT2D eigenvalue weighted by atomic mass is 32.2. The zero-order valence-corrected chi connectivity index (χ0v) is 20.7. The number of pyridine rings is 1. The molecule has 2 aromatic heterocycles. The van der Waals surface area contributed by atoms with Gasteiger partial charge in [0.1, 0.15) is 17.7 Å². The number of amides is 1. The van der Waals surface area contributed by atoms with Crippen molar-refractivity contribution in [1.82, 2.24) is 24.8 Å². The monoisotopic (exact) mass is 530 g/mol. The van der Waals surface area contributed by atoms with Crippen molar-refractivity contribution in [2.24, 2.45) is 0 Å². The van der Waals surface area contributed by atoms with Crippen LogP contribution in [0.3, 0.4) is 0 Å². The molecule has 0 saturated heterocycles. The molecule has 1 unspecified atom stereocenters. The number of nitrogens with zero attached hydrogens (tertiary/aromatic N) is 3. The van der Waals surface area contributed by atoms with Crippen molar-refractivity contribution in [3.63, 3.8) is 0 Å². The van der Waals surface area contributed by atoms with Gasteiger partial charge in [-0.15, -0.1) is 0 Å². The summed E-state index contributed by atoms with van der Waals surface area (Å²) in [6.07, 6.45) is 5.58. The number of carboxylic acid groups (broad SMARTS) is 1. The van der Waals surface area contributed by atoms with E-state index in [0.29, 0.717) is 13.0 Å². The molecule has 1 amide bonds. The number of fused-ring (bicyclic) bond motifs is 1. The van der Waals surface area contributed by atoms with E-state index in [2.05, 4.69) is 31.5 Å². The van der Waals surface area contributed by atoms with E-state index in [9.17, 15) is 27.5 Å². The molecule has 37 heavy (non-hydrogen) atoms. The zero-order chi connectivity index (χ0) is 26.4. The summed E-state index contributed by atoms with van der Waals surface area (Å²) < 4.78 is 41.4. The van der Waals surface area contributed by atoms with Crippen molar-refractivity contribution < 1.29 is 27.5 Å². The van der Waals surface area contributed by atoms with E-state index < -0.39 is 46.1 Å². The van der Waals surface area contributed by atoms with E-state index in [1.54, 1.807) is 4.68 Å². The highest BCUT2D eigenvalue weighted by Gasteiger charge is 2.25.